The molecule has 0 aliphatic heterocycles. The standard InChI is InChI=1S/C15H11Cl2N3/c16-11-6-7-13(17)14(10-11)20-9-8-18-15(20)19-12-4-2-1-3-5-12/h1-10H,(H,18,19). The third-order valence-electron chi connectivity index (χ3n) is 2.84. The summed E-state index contributed by atoms with van der Waals surface area (Å²) in [4.78, 5) is 4.31. The predicted molar refractivity (Wildman–Crippen MR) is 83.3 cm³/mol. The van der Waals surface area contributed by atoms with E-state index in [1.807, 2.05) is 47.2 Å². The molecule has 0 aliphatic rings. The zero-order chi connectivity index (χ0) is 13.9. The second-order valence-electron chi connectivity index (χ2n) is 4.21. The number of aromatic nitrogens is 2. The van der Waals surface area contributed by atoms with Crippen molar-refractivity contribution in [3.05, 3.63) is 71.0 Å². The lowest BCUT2D eigenvalue weighted by molar-refractivity contribution is 1.06. The van der Waals surface area contributed by atoms with Crippen LogP contribution in [0.4, 0.5) is 11.6 Å². The molecule has 20 heavy (non-hydrogen) atoms. The van der Waals surface area contributed by atoms with Crippen molar-refractivity contribution in [2.75, 3.05) is 5.32 Å². The molecule has 0 amide bonds. The molecule has 1 heterocycles. The largest absolute Gasteiger partial charge is 0.325 e. The number of hydrogen-bond donors (Lipinski definition) is 1. The first kappa shape index (κ1) is 13.0. The Morgan fingerprint density at radius 1 is 1.00 bits per heavy atom. The minimum Gasteiger partial charge on any atom is -0.325 e. The summed E-state index contributed by atoms with van der Waals surface area (Å²) in [5.74, 6) is 0.681. The molecule has 1 N–H and O–H groups in total. The highest BCUT2D eigenvalue weighted by Crippen LogP contribution is 2.27. The first-order chi connectivity index (χ1) is 9.74. The number of para-hydroxylation sites is 1. The molecule has 0 atom stereocenters. The van der Waals surface area contributed by atoms with Crippen molar-refractivity contribution in [1.29, 1.82) is 0 Å². The van der Waals surface area contributed by atoms with Gasteiger partial charge in [0.2, 0.25) is 5.95 Å². The number of anilines is 2. The molecule has 3 rings (SSSR count). The Morgan fingerprint density at radius 3 is 2.60 bits per heavy atom. The number of nitrogens with zero attached hydrogens (tertiary/aromatic N) is 2. The van der Waals surface area contributed by atoms with Gasteiger partial charge in [0.1, 0.15) is 0 Å². The summed E-state index contributed by atoms with van der Waals surface area (Å²) in [6.45, 7) is 0. The maximum Gasteiger partial charge on any atom is 0.212 e. The molecule has 0 fully saturated rings. The van der Waals surface area contributed by atoms with Gasteiger partial charge in [0.05, 0.1) is 10.7 Å². The normalized spacial score (nSPS) is 10.5. The molecule has 3 aromatic rings. The number of hydrogen-bond acceptors (Lipinski definition) is 2. The molecule has 0 saturated heterocycles. The van der Waals surface area contributed by atoms with Crippen LogP contribution in [0.2, 0.25) is 10.0 Å². The van der Waals surface area contributed by atoms with Crippen LogP contribution in [0.3, 0.4) is 0 Å². The molecule has 100 valence electrons. The molecule has 3 nitrogen and oxygen atoms in total. The summed E-state index contributed by atoms with van der Waals surface area (Å²) in [7, 11) is 0. The van der Waals surface area contributed by atoms with Crippen LogP contribution in [-0.2, 0) is 0 Å². The van der Waals surface area contributed by atoms with E-state index >= 15 is 0 Å². The van der Waals surface area contributed by atoms with E-state index in [1.54, 1.807) is 18.3 Å². The van der Waals surface area contributed by atoms with E-state index in [1.165, 1.54) is 0 Å². The predicted octanol–water partition coefficient (Wildman–Crippen LogP) is 4.92. The lowest BCUT2D eigenvalue weighted by Gasteiger charge is -2.11. The van der Waals surface area contributed by atoms with Gasteiger partial charge in [-0.1, -0.05) is 41.4 Å². The van der Waals surface area contributed by atoms with Crippen molar-refractivity contribution in [3.63, 3.8) is 0 Å². The van der Waals surface area contributed by atoms with Gasteiger partial charge in [-0.3, -0.25) is 4.57 Å². The quantitative estimate of drug-likeness (QED) is 0.744. The molecule has 0 bridgehead atoms. The Labute approximate surface area is 126 Å². The van der Waals surface area contributed by atoms with Crippen LogP contribution in [0.25, 0.3) is 5.69 Å². The van der Waals surface area contributed by atoms with E-state index < -0.39 is 0 Å². The SMILES string of the molecule is Clc1ccc(Cl)c(-n2ccnc2Nc2ccccc2)c1. The minimum atomic E-state index is 0.614. The molecule has 0 saturated carbocycles. The van der Waals surface area contributed by atoms with Gasteiger partial charge in [-0.2, -0.15) is 0 Å². The summed E-state index contributed by atoms with van der Waals surface area (Å²) >= 11 is 12.3. The lowest BCUT2D eigenvalue weighted by Crippen LogP contribution is -2.01. The van der Waals surface area contributed by atoms with Crippen molar-refractivity contribution in [1.82, 2.24) is 9.55 Å². The highest BCUT2D eigenvalue weighted by atomic mass is 35.5. The molecule has 0 aliphatic carbocycles. The van der Waals surface area contributed by atoms with Gasteiger partial charge in [-0.15, -0.1) is 0 Å². The van der Waals surface area contributed by atoms with Gasteiger partial charge in [-0.05, 0) is 30.3 Å². The van der Waals surface area contributed by atoms with Crippen LogP contribution < -0.4 is 5.32 Å². The maximum absolute atomic E-state index is 6.23. The van der Waals surface area contributed by atoms with Gasteiger partial charge >= 0.3 is 0 Å². The Morgan fingerprint density at radius 2 is 1.80 bits per heavy atom. The summed E-state index contributed by atoms with van der Waals surface area (Å²) in [6, 6.07) is 15.2. The van der Waals surface area contributed by atoms with Crippen LogP contribution in [-0.4, -0.2) is 9.55 Å². The maximum atomic E-state index is 6.23. The number of nitrogens with one attached hydrogen (secondary N) is 1. The number of rotatable bonds is 3. The number of halogens is 2. The first-order valence-electron chi connectivity index (χ1n) is 6.05. The van der Waals surface area contributed by atoms with Crippen LogP contribution in [0, 0.1) is 0 Å². The van der Waals surface area contributed by atoms with E-state index in [-0.39, 0.29) is 0 Å². The first-order valence-corrected chi connectivity index (χ1v) is 6.80. The van der Waals surface area contributed by atoms with Crippen LogP contribution in [0.5, 0.6) is 0 Å². The van der Waals surface area contributed by atoms with Crippen molar-refractivity contribution < 1.29 is 0 Å². The molecule has 2 aromatic carbocycles. The monoisotopic (exact) mass is 303 g/mol. The third kappa shape index (κ3) is 2.64. The summed E-state index contributed by atoms with van der Waals surface area (Å²) in [5.41, 5.74) is 1.74. The van der Waals surface area contributed by atoms with E-state index in [0.29, 0.717) is 16.0 Å². The van der Waals surface area contributed by atoms with Gasteiger partial charge in [0, 0.05) is 23.1 Å². The van der Waals surface area contributed by atoms with Crippen LogP contribution in [0.15, 0.2) is 60.9 Å². The highest BCUT2D eigenvalue weighted by molar-refractivity contribution is 6.34. The number of imidazole rings is 1. The third-order valence-corrected chi connectivity index (χ3v) is 3.39. The molecule has 5 heteroatoms. The molecule has 0 unspecified atom stereocenters. The fourth-order valence-corrected chi connectivity index (χ4v) is 2.29. The fourth-order valence-electron chi connectivity index (χ4n) is 1.91. The van der Waals surface area contributed by atoms with Gasteiger partial charge < -0.3 is 5.32 Å². The van der Waals surface area contributed by atoms with Gasteiger partial charge in [0.15, 0.2) is 0 Å². The Hall–Kier alpha value is -1.97. The zero-order valence-corrected chi connectivity index (χ0v) is 11.9. The topological polar surface area (TPSA) is 29.9 Å². The molecule has 1 aromatic heterocycles. The van der Waals surface area contributed by atoms with E-state index in [9.17, 15) is 0 Å². The van der Waals surface area contributed by atoms with Crippen molar-refractivity contribution in [2.24, 2.45) is 0 Å². The molecular weight excluding hydrogens is 293 g/mol. The second kappa shape index (κ2) is 5.57. The van der Waals surface area contributed by atoms with E-state index in [4.69, 9.17) is 23.2 Å². The van der Waals surface area contributed by atoms with Gasteiger partial charge in [-0.25, -0.2) is 4.98 Å². The second-order valence-corrected chi connectivity index (χ2v) is 5.05. The Bertz CT molecular complexity index is 723. The highest BCUT2D eigenvalue weighted by Gasteiger charge is 2.09. The molecule has 0 spiro atoms. The minimum absolute atomic E-state index is 0.614. The van der Waals surface area contributed by atoms with E-state index in [2.05, 4.69) is 10.3 Å². The van der Waals surface area contributed by atoms with Crippen LogP contribution >= 0.6 is 23.2 Å². The average molecular weight is 304 g/mol. The smallest absolute Gasteiger partial charge is 0.212 e. The molecule has 0 radical (unpaired) electrons. The zero-order valence-electron chi connectivity index (χ0n) is 10.4. The Balaban J connectivity index is 2.00. The summed E-state index contributed by atoms with van der Waals surface area (Å²) < 4.78 is 1.86. The molecular formula is C15H11Cl2N3. The van der Waals surface area contributed by atoms with Crippen molar-refractivity contribution in [3.8, 4) is 5.69 Å². The summed E-state index contributed by atoms with van der Waals surface area (Å²) in [5, 5.41) is 4.49. The van der Waals surface area contributed by atoms with E-state index in [0.717, 1.165) is 11.4 Å². The Kier molecular flexibility index (Phi) is 3.63. The van der Waals surface area contributed by atoms with Crippen LogP contribution in [0.1, 0.15) is 0 Å². The lowest BCUT2D eigenvalue weighted by atomic mass is 10.3. The summed E-state index contributed by atoms with van der Waals surface area (Å²) in [6.07, 6.45) is 3.55. The van der Waals surface area contributed by atoms with Crippen molar-refractivity contribution >= 4 is 34.8 Å². The number of benzene rings is 2. The van der Waals surface area contributed by atoms with Gasteiger partial charge in [0.25, 0.3) is 0 Å². The fraction of sp³-hybridized carbons (Fsp3) is 0. The average Bonchev–Trinajstić information content (AvgIpc) is 2.91. The van der Waals surface area contributed by atoms with Crippen molar-refractivity contribution in [2.45, 2.75) is 0 Å².